The molecule has 0 N–H and O–H groups in total. The fourth-order valence-electron chi connectivity index (χ4n) is 4.08. The van der Waals surface area contributed by atoms with Gasteiger partial charge in [-0.15, -0.1) is 0 Å². The molecule has 2 aromatic rings. The van der Waals surface area contributed by atoms with E-state index in [0.29, 0.717) is 5.91 Å². The van der Waals surface area contributed by atoms with Crippen molar-refractivity contribution < 1.29 is 9.32 Å². The van der Waals surface area contributed by atoms with Crippen LogP contribution in [0.5, 0.6) is 0 Å². The van der Waals surface area contributed by atoms with Crippen LogP contribution in [0.1, 0.15) is 74.3 Å². The summed E-state index contributed by atoms with van der Waals surface area (Å²) in [4.78, 5) is 24.5. The Kier molecular flexibility index (Phi) is 4.98. The first-order valence-electron chi connectivity index (χ1n) is 10.2. The van der Waals surface area contributed by atoms with Crippen molar-refractivity contribution in [2.75, 3.05) is 6.54 Å². The predicted molar refractivity (Wildman–Crippen MR) is 102 cm³/mol. The van der Waals surface area contributed by atoms with Gasteiger partial charge in [-0.2, -0.15) is 0 Å². The van der Waals surface area contributed by atoms with Crippen LogP contribution in [0.4, 0.5) is 0 Å². The molecule has 0 aromatic carbocycles. The van der Waals surface area contributed by atoms with Crippen molar-refractivity contribution >= 4 is 5.91 Å². The maximum Gasteiger partial charge on any atom is 0.226 e. The third-order valence-corrected chi connectivity index (χ3v) is 6.05. The highest BCUT2D eigenvalue weighted by atomic mass is 16.5. The zero-order valence-electron chi connectivity index (χ0n) is 16.5. The summed E-state index contributed by atoms with van der Waals surface area (Å²) >= 11 is 0. The van der Waals surface area contributed by atoms with Crippen LogP contribution in [-0.4, -0.2) is 32.5 Å². The second-order valence-corrected chi connectivity index (χ2v) is 7.87. The van der Waals surface area contributed by atoms with Gasteiger partial charge in [0.05, 0.1) is 23.0 Å². The van der Waals surface area contributed by atoms with E-state index < -0.39 is 0 Å². The summed E-state index contributed by atoms with van der Waals surface area (Å²) < 4.78 is 5.62. The number of aryl methyl sites for hydroxylation is 2. The van der Waals surface area contributed by atoms with Crippen LogP contribution >= 0.6 is 0 Å². The smallest absolute Gasteiger partial charge is 0.226 e. The van der Waals surface area contributed by atoms with Crippen molar-refractivity contribution in [1.29, 1.82) is 0 Å². The first kappa shape index (κ1) is 18.1. The lowest BCUT2D eigenvalue weighted by Crippen LogP contribution is -2.38. The quantitative estimate of drug-likeness (QED) is 0.792. The average Bonchev–Trinajstić information content (AvgIpc) is 3.22. The summed E-state index contributed by atoms with van der Waals surface area (Å²) in [6.45, 7) is 6.90. The van der Waals surface area contributed by atoms with Crippen LogP contribution in [0.15, 0.2) is 10.7 Å². The van der Waals surface area contributed by atoms with Gasteiger partial charge < -0.3 is 9.42 Å². The van der Waals surface area contributed by atoms with Crippen molar-refractivity contribution in [3.63, 3.8) is 0 Å². The number of carbonyl (C=O) groups is 1. The van der Waals surface area contributed by atoms with Crippen LogP contribution in [0, 0.1) is 19.8 Å². The number of hydrogen-bond acceptors (Lipinski definition) is 5. The van der Waals surface area contributed by atoms with Crippen molar-refractivity contribution in [1.82, 2.24) is 20.0 Å². The molecular weight excluding hydrogens is 340 g/mol. The standard InChI is InChI=1S/C21H28N4O2/c1-4-7-18-22-12-16(20-13(2)14(3)24-27-20)19(23-18)17-10-6-11-25(17)21(26)15-8-5-9-15/h12,15,17H,4-11H2,1-3H3/t17-/m1/s1. The van der Waals surface area contributed by atoms with E-state index in [9.17, 15) is 4.79 Å². The topological polar surface area (TPSA) is 72.1 Å². The molecule has 1 aliphatic heterocycles. The number of carbonyl (C=O) groups excluding carboxylic acids is 1. The zero-order chi connectivity index (χ0) is 19.0. The fraction of sp³-hybridized carbons (Fsp3) is 0.619. The molecule has 6 heteroatoms. The molecule has 1 amide bonds. The molecule has 0 spiro atoms. The Morgan fingerprint density at radius 1 is 1.26 bits per heavy atom. The normalized spacial score (nSPS) is 20.1. The summed E-state index contributed by atoms with van der Waals surface area (Å²) in [6, 6.07) is 0.0107. The number of rotatable bonds is 5. The lowest BCUT2D eigenvalue weighted by Gasteiger charge is -2.33. The molecule has 2 aliphatic rings. The molecule has 1 saturated carbocycles. The molecule has 4 rings (SSSR count). The molecule has 0 radical (unpaired) electrons. The van der Waals surface area contributed by atoms with Gasteiger partial charge in [0.2, 0.25) is 5.91 Å². The Morgan fingerprint density at radius 2 is 2.07 bits per heavy atom. The summed E-state index contributed by atoms with van der Waals surface area (Å²) in [5, 5.41) is 4.11. The van der Waals surface area contributed by atoms with Gasteiger partial charge >= 0.3 is 0 Å². The highest BCUT2D eigenvalue weighted by Crippen LogP contribution is 2.40. The Balaban J connectivity index is 1.75. The van der Waals surface area contributed by atoms with E-state index >= 15 is 0 Å². The van der Waals surface area contributed by atoms with E-state index in [0.717, 1.165) is 79.2 Å². The highest BCUT2D eigenvalue weighted by molar-refractivity contribution is 5.80. The largest absolute Gasteiger partial charge is 0.356 e. The van der Waals surface area contributed by atoms with E-state index in [1.165, 1.54) is 6.42 Å². The summed E-state index contributed by atoms with van der Waals surface area (Å²) in [7, 11) is 0. The van der Waals surface area contributed by atoms with Gasteiger partial charge in [0.1, 0.15) is 5.82 Å². The summed E-state index contributed by atoms with van der Waals surface area (Å²) in [5.74, 6) is 2.08. The van der Waals surface area contributed by atoms with Gasteiger partial charge in [-0.3, -0.25) is 4.79 Å². The van der Waals surface area contributed by atoms with Gasteiger partial charge in [-0.1, -0.05) is 18.5 Å². The first-order valence-corrected chi connectivity index (χ1v) is 10.2. The van der Waals surface area contributed by atoms with E-state index in [1.54, 1.807) is 0 Å². The number of aromatic nitrogens is 3. The van der Waals surface area contributed by atoms with Crippen LogP contribution in [0.2, 0.25) is 0 Å². The molecule has 1 aliphatic carbocycles. The minimum atomic E-state index is 0.0107. The number of hydrogen-bond donors (Lipinski definition) is 0. The predicted octanol–water partition coefficient (Wildman–Crippen LogP) is 4.16. The van der Waals surface area contributed by atoms with Crippen molar-refractivity contribution in [2.24, 2.45) is 5.92 Å². The maximum absolute atomic E-state index is 13.0. The van der Waals surface area contributed by atoms with E-state index in [2.05, 4.69) is 22.0 Å². The van der Waals surface area contributed by atoms with Gasteiger partial charge in [0.15, 0.2) is 5.76 Å². The Labute approximate surface area is 160 Å². The third-order valence-electron chi connectivity index (χ3n) is 6.05. The van der Waals surface area contributed by atoms with Crippen molar-refractivity contribution in [3.8, 4) is 11.3 Å². The van der Waals surface area contributed by atoms with Crippen LogP contribution < -0.4 is 0 Å². The van der Waals surface area contributed by atoms with Gasteiger partial charge in [0.25, 0.3) is 0 Å². The highest BCUT2D eigenvalue weighted by Gasteiger charge is 2.38. The molecule has 2 fully saturated rings. The minimum absolute atomic E-state index is 0.0107. The van der Waals surface area contributed by atoms with E-state index in [1.807, 2.05) is 20.0 Å². The number of amides is 1. The monoisotopic (exact) mass is 368 g/mol. The van der Waals surface area contributed by atoms with Gasteiger partial charge in [-0.05, 0) is 46.0 Å². The lowest BCUT2D eigenvalue weighted by molar-refractivity contribution is -0.139. The molecule has 27 heavy (non-hydrogen) atoms. The second-order valence-electron chi connectivity index (χ2n) is 7.87. The molecular formula is C21H28N4O2. The minimum Gasteiger partial charge on any atom is -0.356 e. The molecule has 0 unspecified atom stereocenters. The molecule has 6 nitrogen and oxygen atoms in total. The van der Waals surface area contributed by atoms with Crippen molar-refractivity contribution in [3.05, 3.63) is 29.0 Å². The summed E-state index contributed by atoms with van der Waals surface area (Å²) in [6.07, 6.45) is 8.89. The van der Waals surface area contributed by atoms with Gasteiger partial charge in [0, 0.05) is 30.6 Å². The maximum atomic E-state index is 13.0. The van der Waals surface area contributed by atoms with Crippen LogP contribution in [0.3, 0.4) is 0 Å². The number of nitrogens with zero attached hydrogens (tertiary/aromatic N) is 4. The molecule has 3 heterocycles. The summed E-state index contributed by atoms with van der Waals surface area (Å²) in [5.41, 5.74) is 3.70. The first-order chi connectivity index (χ1) is 13.1. The number of likely N-dealkylation sites (tertiary alicyclic amines) is 1. The molecule has 2 aromatic heterocycles. The third kappa shape index (κ3) is 3.26. The Hall–Kier alpha value is -2.24. The van der Waals surface area contributed by atoms with Gasteiger partial charge in [-0.25, -0.2) is 9.97 Å². The molecule has 0 bridgehead atoms. The SMILES string of the molecule is CCCc1ncc(-c2onc(C)c2C)c([C@H]2CCCN2C(=O)C2CCC2)n1. The van der Waals surface area contributed by atoms with E-state index in [-0.39, 0.29) is 12.0 Å². The fourth-order valence-corrected chi connectivity index (χ4v) is 4.08. The van der Waals surface area contributed by atoms with E-state index in [4.69, 9.17) is 9.51 Å². The average molecular weight is 368 g/mol. The molecule has 1 atom stereocenters. The Bertz CT molecular complexity index is 841. The second kappa shape index (κ2) is 7.41. The molecule has 1 saturated heterocycles. The van der Waals surface area contributed by atoms with Crippen molar-refractivity contribution in [2.45, 2.75) is 71.8 Å². The van der Waals surface area contributed by atoms with Crippen LogP contribution in [-0.2, 0) is 11.2 Å². The lowest BCUT2D eigenvalue weighted by atomic mass is 9.84. The Morgan fingerprint density at radius 3 is 2.70 bits per heavy atom. The molecule has 144 valence electrons. The van der Waals surface area contributed by atoms with Crippen LogP contribution in [0.25, 0.3) is 11.3 Å². The zero-order valence-corrected chi connectivity index (χ0v) is 16.5.